The zero-order chi connectivity index (χ0) is 17.3. The molecule has 124 valence electrons. The highest BCUT2D eigenvalue weighted by Gasteiger charge is 2.38. The second kappa shape index (κ2) is 9.14. The molecule has 0 aliphatic heterocycles. The molecule has 0 bridgehead atoms. The van der Waals surface area contributed by atoms with Crippen LogP contribution in [-0.4, -0.2) is 12.9 Å². The zero-order valence-electron chi connectivity index (χ0n) is 14.4. The number of ketones is 1. The van der Waals surface area contributed by atoms with Gasteiger partial charge in [0.25, 0.3) is 0 Å². The van der Waals surface area contributed by atoms with E-state index in [0.29, 0.717) is 18.0 Å². The van der Waals surface area contributed by atoms with Gasteiger partial charge in [-0.2, -0.15) is 0 Å². The van der Waals surface area contributed by atoms with Crippen molar-refractivity contribution in [3.63, 3.8) is 0 Å². The second-order valence-electron chi connectivity index (χ2n) is 5.85. The Morgan fingerprint density at radius 3 is 2.39 bits per heavy atom. The van der Waals surface area contributed by atoms with Gasteiger partial charge in [0.15, 0.2) is 0 Å². The summed E-state index contributed by atoms with van der Waals surface area (Å²) in [6, 6.07) is 10.4. The minimum Gasteiger partial charge on any atom is -0.497 e. The Kier molecular flexibility index (Phi) is 7.53. The molecule has 0 aromatic heterocycles. The number of hydrogen-bond donors (Lipinski definition) is 0. The lowest BCUT2D eigenvalue weighted by molar-refractivity contribution is -0.121. The highest BCUT2D eigenvalue weighted by atomic mass is 16.5. The highest BCUT2D eigenvalue weighted by Crippen LogP contribution is 2.44. The van der Waals surface area contributed by atoms with E-state index in [1.165, 1.54) is 11.1 Å². The third kappa shape index (κ3) is 4.95. The third-order valence-electron chi connectivity index (χ3n) is 4.48. The van der Waals surface area contributed by atoms with E-state index in [1.807, 2.05) is 6.07 Å². The van der Waals surface area contributed by atoms with E-state index in [9.17, 15) is 4.79 Å². The second-order valence-corrected chi connectivity index (χ2v) is 5.85. The maximum atomic E-state index is 11.8. The minimum atomic E-state index is -0.0919. The van der Waals surface area contributed by atoms with Crippen molar-refractivity contribution in [2.24, 2.45) is 0 Å². The summed E-state index contributed by atoms with van der Waals surface area (Å²) < 4.78 is 4.59. The lowest BCUT2D eigenvalue weighted by atomic mass is 9.64. The molecule has 0 spiro atoms. The molecule has 1 saturated carbocycles. The molecule has 0 N–H and O–H groups in total. The Bertz CT molecular complexity index is 556. The number of hydrogen-bond acceptors (Lipinski definition) is 2. The molecule has 0 radical (unpaired) electrons. The Labute approximate surface area is 140 Å². The maximum Gasteiger partial charge on any atom is 0.134 e. The van der Waals surface area contributed by atoms with Crippen LogP contribution in [0.5, 0.6) is 0 Å². The predicted molar refractivity (Wildman–Crippen MR) is 97.4 cm³/mol. The number of Topliss-reactive ketones (excluding diaryl/α,β-unsaturated/α-hetero) is 1. The molecule has 23 heavy (non-hydrogen) atoms. The quantitative estimate of drug-likeness (QED) is 0.415. The molecule has 1 unspecified atom stereocenters. The summed E-state index contributed by atoms with van der Waals surface area (Å²) in [7, 11) is 1.56. The van der Waals surface area contributed by atoms with Gasteiger partial charge < -0.3 is 4.74 Å². The minimum absolute atomic E-state index is 0.0919. The fourth-order valence-corrected chi connectivity index (χ4v) is 3.03. The monoisotopic (exact) mass is 312 g/mol. The van der Waals surface area contributed by atoms with Gasteiger partial charge in [0.05, 0.1) is 7.11 Å². The fourth-order valence-electron chi connectivity index (χ4n) is 3.03. The van der Waals surface area contributed by atoms with Gasteiger partial charge in [0.2, 0.25) is 0 Å². The van der Waals surface area contributed by atoms with E-state index in [0.717, 1.165) is 25.7 Å². The van der Waals surface area contributed by atoms with Crippen LogP contribution < -0.4 is 0 Å². The van der Waals surface area contributed by atoms with Crippen molar-refractivity contribution >= 4 is 5.78 Å². The Balaban J connectivity index is 0.000000379. The maximum absolute atomic E-state index is 11.8. The highest BCUT2D eigenvalue weighted by molar-refractivity contribution is 5.81. The topological polar surface area (TPSA) is 26.3 Å². The molecule has 2 rings (SSSR count). The lowest BCUT2D eigenvalue weighted by Gasteiger charge is -2.39. The molecule has 1 fully saturated rings. The van der Waals surface area contributed by atoms with E-state index in [-0.39, 0.29) is 5.41 Å². The largest absolute Gasteiger partial charge is 0.497 e. The van der Waals surface area contributed by atoms with E-state index in [1.54, 1.807) is 13.2 Å². The number of allylic oxidation sites excluding steroid dienone is 2. The molecule has 0 heterocycles. The molecule has 1 aromatic carbocycles. The van der Waals surface area contributed by atoms with E-state index in [2.05, 4.69) is 55.7 Å². The lowest BCUT2D eigenvalue weighted by Crippen LogP contribution is -2.34. The van der Waals surface area contributed by atoms with Crippen LogP contribution in [0.15, 0.2) is 67.5 Å². The molecule has 0 amide bonds. The molecule has 2 nitrogen and oxygen atoms in total. The Hall–Kier alpha value is -2.09. The average molecular weight is 312 g/mol. The smallest absolute Gasteiger partial charge is 0.134 e. The summed E-state index contributed by atoms with van der Waals surface area (Å²) in [6.07, 6.45) is 5.94. The van der Waals surface area contributed by atoms with E-state index < -0.39 is 0 Å². The Morgan fingerprint density at radius 1 is 1.30 bits per heavy atom. The van der Waals surface area contributed by atoms with Crippen LogP contribution in [0, 0.1) is 0 Å². The first kappa shape index (κ1) is 19.0. The van der Waals surface area contributed by atoms with Crippen LogP contribution in [0.3, 0.4) is 0 Å². The van der Waals surface area contributed by atoms with Crippen molar-refractivity contribution in [2.45, 2.75) is 44.4 Å². The normalized spacial score (nSPS) is 20.0. The third-order valence-corrected chi connectivity index (χ3v) is 4.48. The average Bonchev–Trinajstić information content (AvgIpc) is 2.61. The van der Waals surface area contributed by atoms with Crippen molar-refractivity contribution in [1.82, 2.24) is 0 Å². The van der Waals surface area contributed by atoms with Gasteiger partial charge >= 0.3 is 0 Å². The van der Waals surface area contributed by atoms with Gasteiger partial charge in [0, 0.05) is 18.3 Å². The first-order chi connectivity index (χ1) is 11.0. The molecular weight excluding hydrogens is 284 g/mol. The number of ether oxygens (including phenoxy) is 1. The summed E-state index contributed by atoms with van der Waals surface area (Å²) in [6.45, 7) is 13.2. The van der Waals surface area contributed by atoms with Gasteiger partial charge in [-0.25, -0.2) is 0 Å². The predicted octanol–water partition coefficient (Wildman–Crippen LogP) is 5.37. The molecule has 1 atom stereocenters. The van der Waals surface area contributed by atoms with Crippen molar-refractivity contribution in [3.05, 3.63) is 73.0 Å². The number of benzene rings is 1. The summed E-state index contributed by atoms with van der Waals surface area (Å²) in [5, 5.41) is 0. The standard InChI is InChI=1S/C16H20O.C5H8O/c1-3-13(2)16(11-7-10-15(17)12-16)14-8-5-4-6-9-14;1-4-5(2)6-3/h4-6,8-9H,2-3,7,10-12H2,1H3;4H,1-2H2,3H3. The number of rotatable bonds is 5. The molecule has 0 saturated heterocycles. The van der Waals surface area contributed by atoms with Crippen LogP contribution in [0.25, 0.3) is 0 Å². The summed E-state index contributed by atoms with van der Waals surface area (Å²) >= 11 is 0. The summed E-state index contributed by atoms with van der Waals surface area (Å²) in [5.74, 6) is 0.990. The van der Waals surface area contributed by atoms with Gasteiger partial charge in [-0.1, -0.05) is 62.6 Å². The SMILES string of the molecule is C=C(CC)C1(c2ccccc2)CCCC(=O)C1.C=CC(=C)OC. The number of carbonyl (C=O) groups excluding carboxylic acids is 1. The van der Waals surface area contributed by atoms with Crippen LogP contribution in [-0.2, 0) is 14.9 Å². The zero-order valence-corrected chi connectivity index (χ0v) is 14.4. The molecular formula is C21H28O2. The number of methoxy groups -OCH3 is 1. The van der Waals surface area contributed by atoms with Crippen molar-refractivity contribution < 1.29 is 9.53 Å². The van der Waals surface area contributed by atoms with Crippen LogP contribution in [0.4, 0.5) is 0 Å². The fraction of sp³-hybridized carbons (Fsp3) is 0.381. The van der Waals surface area contributed by atoms with Crippen molar-refractivity contribution in [3.8, 4) is 0 Å². The Morgan fingerprint density at radius 2 is 1.96 bits per heavy atom. The van der Waals surface area contributed by atoms with E-state index in [4.69, 9.17) is 0 Å². The number of carbonyl (C=O) groups is 1. The first-order valence-corrected chi connectivity index (χ1v) is 8.11. The van der Waals surface area contributed by atoms with Gasteiger partial charge in [-0.15, -0.1) is 0 Å². The first-order valence-electron chi connectivity index (χ1n) is 8.11. The molecule has 1 aliphatic carbocycles. The molecule has 1 aromatic rings. The van der Waals surface area contributed by atoms with Crippen molar-refractivity contribution in [1.29, 1.82) is 0 Å². The van der Waals surface area contributed by atoms with Crippen LogP contribution >= 0.6 is 0 Å². The van der Waals surface area contributed by atoms with Crippen LogP contribution in [0.2, 0.25) is 0 Å². The summed E-state index contributed by atoms with van der Waals surface area (Å²) in [4.78, 5) is 11.8. The van der Waals surface area contributed by atoms with Crippen molar-refractivity contribution in [2.75, 3.05) is 7.11 Å². The van der Waals surface area contributed by atoms with Gasteiger partial charge in [-0.05, 0) is 30.9 Å². The van der Waals surface area contributed by atoms with Crippen LogP contribution in [0.1, 0.15) is 44.6 Å². The van der Waals surface area contributed by atoms with Gasteiger partial charge in [-0.3, -0.25) is 4.79 Å². The van der Waals surface area contributed by atoms with Gasteiger partial charge in [0.1, 0.15) is 11.5 Å². The molecule has 1 aliphatic rings. The molecule has 2 heteroatoms. The van der Waals surface area contributed by atoms with E-state index >= 15 is 0 Å². The summed E-state index contributed by atoms with van der Waals surface area (Å²) in [5.41, 5.74) is 2.38.